The van der Waals surface area contributed by atoms with E-state index in [1.807, 2.05) is 43.3 Å². The SMILES string of the molecule is CCNC(=NCc1ccccc1OCC)NCCc1ccco1.I. The van der Waals surface area contributed by atoms with Crippen LogP contribution in [0.4, 0.5) is 0 Å². The number of hydrogen-bond acceptors (Lipinski definition) is 3. The normalized spacial score (nSPS) is 10.8. The average molecular weight is 443 g/mol. The second kappa shape index (κ2) is 11.8. The Hall–Kier alpha value is -1.70. The number of furan rings is 1. The van der Waals surface area contributed by atoms with Gasteiger partial charge in [-0.1, -0.05) is 18.2 Å². The quantitative estimate of drug-likeness (QED) is 0.372. The van der Waals surface area contributed by atoms with Crippen molar-refractivity contribution < 1.29 is 9.15 Å². The molecule has 0 aliphatic rings. The van der Waals surface area contributed by atoms with Crippen molar-refractivity contribution in [3.8, 4) is 5.75 Å². The van der Waals surface area contributed by atoms with Crippen molar-refractivity contribution in [2.24, 2.45) is 4.99 Å². The molecule has 0 saturated carbocycles. The maximum Gasteiger partial charge on any atom is 0.191 e. The Morgan fingerprint density at radius 3 is 2.67 bits per heavy atom. The Kier molecular flexibility index (Phi) is 9.98. The predicted octanol–water partition coefficient (Wildman–Crippen LogP) is 3.59. The van der Waals surface area contributed by atoms with E-state index in [1.54, 1.807) is 6.26 Å². The first-order valence-corrected chi connectivity index (χ1v) is 8.08. The number of ether oxygens (including phenoxy) is 1. The van der Waals surface area contributed by atoms with E-state index in [2.05, 4.69) is 22.5 Å². The van der Waals surface area contributed by atoms with Crippen LogP contribution >= 0.6 is 24.0 Å². The zero-order valence-corrected chi connectivity index (χ0v) is 16.6. The van der Waals surface area contributed by atoms with Crippen molar-refractivity contribution in [1.82, 2.24) is 10.6 Å². The van der Waals surface area contributed by atoms with Gasteiger partial charge in [-0.25, -0.2) is 4.99 Å². The number of benzene rings is 1. The molecule has 2 aromatic rings. The minimum Gasteiger partial charge on any atom is -0.494 e. The molecular formula is C18H26IN3O2. The van der Waals surface area contributed by atoms with Crippen molar-refractivity contribution in [3.05, 3.63) is 54.0 Å². The molecule has 0 unspecified atom stereocenters. The van der Waals surface area contributed by atoms with E-state index < -0.39 is 0 Å². The van der Waals surface area contributed by atoms with Crippen molar-refractivity contribution in [1.29, 1.82) is 0 Å². The Labute approximate surface area is 160 Å². The van der Waals surface area contributed by atoms with Crippen LogP contribution in [0, 0.1) is 0 Å². The van der Waals surface area contributed by atoms with Gasteiger partial charge in [-0.3, -0.25) is 0 Å². The van der Waals surface area contributed by atoms with Gasteiger partial charge in [0.1, 0.15) is 11.5 Å². The highest BCUT2D eigenvalue weighted by molar-refractivity contribution is 14.0. The number of para-hydroxylation sites is 1. The van der Waals surface area contributed by atoms with Gasteiger partial charge in [0.05, 0.1) is 19.4 Å². The van der Waals surface area contributed by atoms with Crippen molar-refractivity contribution in [2.75, 3.05) is 19.7 Å². The molecule has 2 N–H and O–H groups in total. The topological polar surface area (TPSA) is 58.8 Å². The third kappa shape index (κ3) is 6.82. The smallest absolute Gasteiger partial charge is 0.191 e. The van der Waals surface area contributed by atoms with Gasteiger partial charge in [-0.05, 0) is 32.0 Å². The summed E-state index contributed by atoms with van der Waals surface area (Å²) in [5.41, 5.74) is 1.08. The molecular weight excluding hydrogens is 417 g/mol. The molecule has 5 nitrogen and oxygen atoms in total. The highest BCUT2D eigenvalue weighted by atomic mass is 127. The van der Waals surface area contributed by atoms with Gasteiger partial charge >= 0.3 is 0 Å². The molecule has 0 fully saturated rings. The summed E-state index contributed by atoms with van der Waals surface area (Å²) in [6.07, 6.45) is 2.52. The van der Waals surface area contributed by atoms with E-state index in [4.69, 9.17) is 9.15 Å². The summed E-state index contributed by atoms with van der Waals surface area (Å²) in [6.45, 7) is 6.86. The van der Waals surface area contributed by atoms with E-state index >= 15 is 0 Å². The fourth-order valence-corrected chi connectivity index (χ4v) is 2.20. The molecule has 1 aromatic carbocycles. The summed E-state index contributed by atoms with van der Waals surface area (Å²) in [7, 11) is 0. The molecule has 132 valence electrons. The number of rotatable bonds is 8. The molecule has 0 aliphatic carbocycles. The molecule has 24 heavy (non-hydrogen) atoms. The number of nitrogens with zero attached hydrogens (tertiary/aromatic N) is 1. The molecule has 0 radical (unpaired) electrons. The lowest BCUT2D eigenvalue weighted by Gasteiger charge is -2.12. The van der Waals surface area contributed by atoms with Gasteiger partial charge < -0.3 is 19.8 Å². The van der Waals surface area contributed by atoms with E-state index in [0.717, 1.165) is 42.5 Å². The number of guanidine groups is 1. The summed E-state index contributed by atoms with van der Waals surface area (Å²) in [6, 6.07) is 11.9. The Morgan fingerprint density at radius 2 is 1.96 bits per heavy atom. The van der Waals surface area contributed by atoms with Crippen molar-refractivity contribution in [2.45, 2.75) is 26.8 Å². The molecule has 0 amide bonds. The van der Waals surface area contributed by atoms with Crippen molar-refractivity contribution in [3.63, 3.8) is 0 Å². The molecule has 1 aromatic heterocycles. The highest BCUT2D eigenvalue weighted by Crippen LogP contribution is 2.18. The molecule has 2 rings (SSSR count). The van der Waals surface area contributed by atoms with Crippen molar-refractivity contribution >= 4 is 29.9 Å². The van der Waals surface area contributed by atoms with Crippen LogP contribution in [0.15, 0.2) is 52.1 Å². The summed E-state index contributed by atoms with van der Waals surface area (Å²) in [5.74, 6) is 2.66. The molecule has 1 heterocycles. The molecule has 6 heteroatoms. The Morgan fingerprint density at radius 1 is 1.12 bits per heavy atom. The van der Waals surface area contributed by atoms with Gasteiger partial charge in [0.2, 0.25) is 0 Å². The Balaban J connectivity index is 0.00000288. The van der Waals surface area contributed by atoms with E-state index in [-0.39, 0.29) is 24.0 Å². The minimum absolute atomic E-state index is 0. The first-order valence-electron chi connectivity index (χ1n) is 8.08. The van der Waals surface area contributed by atoms with Gasteiger partial charge in [0.25, 0.3) is 0 Å². The highest BCUT2D eigenvalue weighted by Gasteiger charge is 2.03. The maximum atomic E-state index is 5.64. The molecule has 0 saturated heterocycles. The fraction of sp³-hybridized carbons (Fsp3) is 0.389. The minimum atomic E-state index is 0. The first kappa shape index (κ1) is 20.3. The predicted molar refractivity (Wildman–Crippen MR) is 108 cm³/mol. The van der Waals surface area contributed by atoms with Crippen LogP contribution in [-0.2, 0) is 13.0 Å². The largest absolute Gasteiger partial charge is 0.494 e. The van der Waals surface area contributed by atoms with Gasteiger partial charge in [0, 0.05) is 25.1 Å². The lowest BCUT2D eigenvalue weighted by molar-refractivity contribution is 0.336. The lowest BCUT2D eigenvalue weighted by Crippen LogP contribution is -2.38. The van der Waals surface area contributed by atoms with E-state index in [9.17, 15) is 0 Å². The number of aliphatic imine (C=N–C) groups is 1. The summed E-state index contributed by atoms with van der Waals surface area (Å²) >= 11 is 0. The number of nitrogens with one attached hydrogen (secondary N) is 2. The van der Waals surface area contributed by atoms with Gasteiger partial charge in [-0.2, -0.15) is 0 Å². The molecule has 0 atom stereocenters. The molecule has 0 aliphatic heterocycles. The Bertz CT molecular complexity index is 600. The van der Waals surface area contributed by atoms with Gasteiger partial charge in [0.15, 0.2) is 5.96 Å². The lowest BCUT2D eigenvalue weighted by atomic mass is 10.2. The first-order chi connectivity index (χ1) is 11.3. The molecule has 0 bridgehead atoms. The fourth-order valence-electron chi connectivity index (χ4n) is 2.20. The van der Waals surface area contributed by atoms with Crippen LogP contribution in [0.3, 0.4) is 0 Å². The number of halogens is 1. The standard InChI is InChI=1S/C18H25N3O2.HI/c1-3-19-18(20-12-11-16-9-7-13-23-16)21-14-15-8-5-6-10-17(15)22-4-2;/h5-10,13H,3-4,11-12,14H2,1-2H3,(H2,19,20,21);1H. The average Bonchev–Trinajstić information content (AvgIpc) is 3.07. The van der Waals surface area contributed by atoms with E-state index in [0.29, 0.717) is 13.2 Å². The summed E-state index contributed by atoms with van der Waals surface area (Å²) in [4.78, 5) is 4.63. The zero-order chi connectivity index (χ0) is 16.3. The third-order valence-electron chi connectivity index (χ3n) is 3.27. The van der Waals surface area contributed by atoms with Crippen LogP contribution in [0.25, 0.3) is 0 Å². The van der Waals surface area contributed by atoms with Crippen LogP contribution in [0.1, 0.15) is 25.2 Å². The monoisotopic (exact) mass is 443 g/mol. The maximum absolute atomic E-state index is 5.64. The number of hydrogen-bond donors (Lipinski definition) is 2. The van der Waals surface area contributed by atoms with E-state index in [1.165, 1.54) is 0 Å². The zero-order valence-electron chi connectivity index (χ0n) is 14.2. The van der Waals surface area contributed by atoms with Crippen LogP contribution in [0.5, 0.6) is 5.75 Å². The van der Waals surface area contributed by atoms with Crippen LogP contribution in [0.2, 0.25) is 0 Å². The van der Waals surface area contributed by atoms with Crippen LogP contribution in [-0.4, -0.2) is 25.7 Å². The summed E-state index contributed by atoms with van der Waals surface area (Å²) in [5, 5.41) is 6.57. The van der Waals surface area contributed by atoms with Crippen LogP contribution < -0.4 is 15.4 Å². The second-order valence-electron chi connectivity index (χ2n) is 4.99. The summed E-state index contributed by atoms with van der Waals surface area (Å²) < 4.78 is 11.0. The van der Waals surface area contributed by atoms with Gasteiger partial charge in [-0.15, -0.1) is 24.0 Å². The third-order valence-corrected chi connectivity index (χ3v) is 3.27. The second-order valence-corrected chi connectivity index (χ2v) is 4.99. The molecule has 0 spiro atoms.